The molecule has 144 valence electrons. The minimum absolute atomic E-state index is 0.0321. The number of piperidine rings is 1. The van der Waals surface area contributed by atoms with Crippen molar-refractivity contribution in [3.05, 3.63) is 16.3 Å². The highest BCUT2D eigenvalue weighted by atomic mass is 32.1. The predicted octanol–water partition coefficient (Wildman–Crippen LogP) is 3.62. The molecule has 3 rings (SSSR count). The van der Waals surface area contributed by atoms with Crippen molar-refractivity contribution in [3.63, 3.8) is 0 Å². The molecule has 1 aromatic heterocycles. The number of cyclic esters (lactones) is 1. The molecule has 2 saturated heterocycles. The van der Waals surface area contributed by atoms with Crippen LogP contribution in [0.5, 0.6) is 5.75 Å². The van der Waals surface area contributed by atoms with E-state index in [9.17, 15) is 9.59 Å². The Kier molecular flexibility index (Phi) is 6.06. The van der Waals surface area contributed by atoms with Crippen molar-refractivity contribution in [2.75, 3.05) is 26.3 Å². The number of carbonyl (C=O) groups is 2. The molecule has 0 spiro atoms. The van der Waals surface area contributed by atoms with E-state index in [-0.39, 0.29) is 24.1 Å². The van der Waals surface area contributed by atoms with Gasteiger partial charge in [0, 0.05) is 19.1 Å². The third-order valence-electron chi connectivity index (χ3n) is 5.02. The second-order valence-electron chi connectivity index (χ2n) is 7.34. The van der Waals surface area contributed by atoms with Crippen molar-refractivity contribution >= 4 is 23.3 Å². The first-order valence-corrected chi connectivity index (χ1v) is 10.3. The quantitative estimate of drug-likeness (QED) is 0.756. The molecule has 26 heavy (non-hydrogen) atoms. The average molecular weight is 381 g/mol. The second-order valence-corrected chi connectivity index (χ2v) is 8.25. The summed E-state index contributed by atoms with van der Waals surface area (Å²) in [7, 11) is 0. The molecule has 2 aliphatic rings. The van der Waals surface area contributed by atoms with E-state index in [1.165, 1.54) is 11.3 Å². The van der Waals surface area contributed by atoms with Crippen LogP contribution in [-0.4, -0.2) is 60.2 Å². The van der Waals surface area contributed by atoms with E-state index < -0.39 is 0 Å². The minimum Gasteiger partial charge on any atom is -0.492 e. The number of ether oxygens (including phenoxy) is 2. The molecule has 7 heteroatoms. The molecule has 0 N–H and O–H groups in total. The van der Waals surface area contributed by atoms with Gasteiger partial charge in [0.15, 0.2) is 0 Å². The number of hydrogen-bond donors (Lipinski definition) is 0. The van der Waals surface area contributed by atoms with Crippen molar-refractivity contribution in [1.82, 2.24) is 9.80 Å². The molecule has 1 atom stereocenters. The molecule has 1 unspecified atom stereocenters. The lowest BCUT2D eigenvalue weighted by Crippen LogP contribution is -2.50. The van der Waals surface area contributed by atoms with Gasteiger partial charge in [-0.2, -0.15) is 0 Å². The third-order valence-corrected chi connectivity index (χ3v) is 5.90. The smallest absolute Gasteiger partial charge is 0.410 e. The van der Waals surface area contributed by atoms with Crippen LogP contribution in [0.4, 0.5) is 4.79 Å². The van der Waals surface area contributed by atoms with Gasteiger partial charge in [-0.3, -0.25) is 9.69 Å². The summed E-state index contributed by atoms with van der Waals surface area (Å²) >= 11 is 1.42. The number of nitrogens with zero attached hydrogens (tertiary/aromatic N) is 2. The Morgan fingerprint density at radius 2 is 2.12 bits per heavy atom. The third kappa shape index (κ3) is 3.98. The maximum Gasteiger partial charge on any atom is 0.410 e. The maximum atomic E-state index is 12.8. The summed E-state index contributed by atoms with van der Waals surface area (Å²) < 4.78 is 10.8. The number of rotatable bonds is 6. The zero-order valence-corrected chi connectivity index (χ0v) is 16.6. The maximum absolute atomic E-state index is 12.8. The second kappa shape index (κ2) is 8.29. The summed E-state index contributed by atoms with van der Waals surface area (Å²) in [4.78, 5) is 29.5. The van der Waals surface area contributed by atoms with Crippen LogP contribution in [0.1, 0.15) is 49.7 Å². The van der Waals surface area contributed by atoms with E-state index in [4.69, 9.17) is 9.47 Å². The zero-order valence-electron chi connectivity index (χ0n) is 15.8. The summed E-state index contributed by atoms with van der Waals surface area (Å²) in [5.41, 5.74) is 0. The van der Waals surface area contributed by atoms with Crippen LogP contribution < -0.4 is 4.74 Å². The van der Waals surface area contributed by atoms with E-state index in [1.807, 2.05) is 28.2 Å². The van der Waals surface area contributed by atoms with E-state index in [0.717, 1.165) is 19.3 Å². The first-order chi connectivity index (χ1) is 12.5. The van der Waals surface area contributed by atoms with Crippen molar-refractivity contribution in [2.45, 2.75) is 52.1 Å². The first-order valence-electron chi connectivity index (χ1n) is 9.45. The van der Waals surface area contributed by atoms with Crippen LogP contribution in [-0.2, 0) is 4.74 Å². The lowest BCUT2D eigenvalue weighted by atomic mass is 9.98. The number of thiophene rings is 1. The van der Waals surface area contributed by atoms with Gasteiger partial charge in [0.2, 0.25) is 0 Å². The molecule has 0 saturated carbocycles. The molecular formula is C19H28N2O4S. The van der Waals surface area contributed by atoms with Crippen LogP contribution in [0.3, 0.4) is 0 Å². The number of hydrogen-bond acceptors (Lipinski definition) is 5. The fourth-order valence-electron chi connectivity index (χ4n) is 3.86. The Bertz CT molecular complexity index is 637. The Hall–Kier alpha value is -1.76. The molecule has 1 aromatic rings. The van der Waals surface area contributed by atoms with Crippen LogP contribution in [0.25, 0.3) is 0 Å². The Morgan fingerprint density at radius 1 is 1.38 bits per heavy atom. The monoisotopic (exact) mass is 380 g/mol. The van der Waals surface area contributed by atoms with Gasteiger partial charge in [-0.15, -0.1) is 11.3 Å². The Labute approximate surface area is 159 Å². The summed E-state index contributed by atoms with van der Waals surface area (Å²) in [6.07, 6.45) is 2.35. The normalized spacial score (nSPS) is 21.4. The molecule has 0 bridgehead atoms. The van der Waals surface area contributed by atoms with Gasteiger partial charge in [-0.1, -0.05) is 13.8 Å². The summed E-state index contributed by atoms with van der Waals surface area (Å²) in [5, 5.41) is 1.89. The lowest BCUT2D eigenvalue weighted by molar-refractivity contribution is 0.0631. The number of carbonyl (C=O) groups excluding carboxylic acids is 2. The minimum atomic E-state index is -0.197. The van der Waals surface area contributed by atoms with Gasteiger partial charge in [-0.05, 0) is 43.6 Å². The Morgan fingerprint density at radius 3 is 2.77 bits per heavy atom. The molecule has 2 fully saturated rings. The first kappa shape index (κ1) is 19.0. The van der Waals surface area contributed by atoms with Crippen LogP contribution >= 0.6 is 11.3 Å². The molecule has 3 heterocycles. The van der Waals surface area contributed by atoms with Gasteiger partial charge in [0.1, 0.15) is 17.2 Å². The average Bonchev–Trinajstić information content (AvgIpc) is 3.21. The van der Waals surface area contributed by atoms with Gasteiger partial charge in [-0.25, -0.2) is 4.79 Å². The molecule has 6 nitrogen and oxygen atoms in total. The van der Waals surface area contributed by atoms with Crippen molar-refractivity contribution in [2.24, 2.45) is 5.92 Å². The highest BCUT2D eigenvalue weighted by Gasteiger charge is 2.40. The van der Waals surface area contributed by atoms with Crippen LogP contribution in [0.15, 0.2) is 11.4 Å². The fraction of sp³-hybridized carbons (Fsp3) is 0.684. The number of amides is 2. The summed E-state index contributed by atoms with van der Waals surface area (Å²) in [6.45, 7) is 8.60. The predicted molar refractivity (Wildman–Crippen MR) is 101 cm³/mol. The molecule has 0 radical (unpaired) electrons. The van der Waals surface area contributed by atoms with Crippen molar-refractivity contribution in [1.29, 1.82) is 0 Å². The highest BCUT2D eigenvalue weighted by Crippen LogP contribution is 2.30. The van der Waals surface area contributed by atoms with Crippen molar-refractivity contribution < 1.29 is 19.1 Å². The molecule has 0 aromatic carbocycles. The standard InChI is InChI=1S/C19H28N2O4S/c1-4-24-16-7-10-26-17(16)18(22)20-8-5-14(6-9-20)21-15(11-13(2)3)12-25-19(21)23/h7,10,13-15H,4-6,8-9,11-12H2,1-3H3. The van der Waals surface area contributed by atoms with Crippen LogP contribution in [0.2, 0.25) is 0 Å². The van der Waals surface area contributed by atoms with E-state index in [0.29, 0.717) is 42.8 Å². The van der Waals surface area contributed by atoms with E-state index in [2.05, 4.69) is 13.8 Å². The van der Waals surface area contributed by atoms with Crippen molar-refractivity contribution in [3.8, 4) is 5.75 Å². The van der Waals surface area contributed by atoms with Gasteiger partial charge < -0.3 is 14.4 Å². The number of likely N-dealkylation sites (tertiary alicyclic amines) is 1. The highest BCUT2D eigenvalue weighted by molar-refractivity contribution is 7.12. The largest absolute Gasteiger partial charge is 0.492 e. The molecule has 2 aliphatic heterocycles. The summed E-state index contributed by atoms with van der Waals surface area (Å²) in [6, 6.07) is 2.18. The lowest BCUT2D eigenvalue weighted by Gasteiger charge is -2.38. The topological polar surface area (TPSA) is 59.1 Å². The Balaban J connectivity index is 1.60. The van der Waals surface area contributed by atoms with Gasteiger partial charge in [0.05, 0.1) is 12.6 Å². The SMILES string of the molecule is CCOc1ccsc1C(=O)N1CCC(N2C(=O)OCC2CC(C)C)CC1. The molecular weight excluding hydrogens is 352 g/mol. The van der Waals surface area contributed by atoms with Crippen LogP contribution in [0, 0.1) is 5.92 Å². The zero-order chi connectivity index (χ0) is 18.7. The van der Waals surface area contributed by atoms with E-state index >= 15 is 0 Å². The fourth-order valence-corrected chi connectivity index (χ4v) is 4.66. The molecule has 0 aliphatic carbocycles. The van der Waals surface area contributed by atoms with E-state index in [1.54, 1.807) is 0 Å². The molecule has 2 amide bonds. The van der Waals surface area contributed by atoms with Gasteiger partial charge >= 0.3 is 6.09 Å². The van der Waals surface area contributed by atoms with Gasteiger partial charge in [0.25, 0.3) is 5.91 Å². The summed E-state index contributed by atoms with van der Waals surface area (Å²) in [5.74, 6) is 1.23.